The number of benzene rings is 2. The second-order valence-corrected chi connectivity index (χ2v) is 14.6. The number of aliphatic carboxylic acids is 1. The number of unbranched alkanes of at least 4 members (excludes halogenated alkanes) is 2. The van der Waals surface area contributed by atoms with Gasteiger partial charge in [-0.25, -0.2) is 13.0 Å². The zero-order valence-corrected chi connectivity index (χ0v) is 35.2. The number of allylic oxidation sites excluding steroid dienone is 8. The van der Waals surface area contributed by atoms with Crippen LogP contribution in [-0.4, -0.2) is 60.5 Å². The first kappa shape index (κ1) is 43.9. The molecule has 0 radical (unpaired) electrons. The molecule has 0 fully saturated rings. The third-order valence-corrected chi connectivity index (χ3v) is 9.93. The molecule has 0 spiro atoms. The summed E-state index contributed by atoms with van der Waals surface area (Å²) in [5.41, 5.74) is 6.24. The van der Waals surface area contributed by atoms with Gasteiger partial charge in [0, 0.05) is 47.7 Å². The van der Waals surface area contributed by atoms with Gasteiger partial charge in [0.05, 0.1) is 11.5 Å². The SMILES string of the molecule is CC(/C=C/C=C1/N(CCCCC(=O)O)c2ccc(S(=O)(=O)[O-])cc2C1(C)C)=C\C=C\C1=[N+](CCCCOC=O)c2cc[c-]cc2C1(C)C.[Na+].[Na+]. The molecule has 2 aliphatic heterocycles. The maximum absolute atomic E-state index is 11.8. The van der Waals surface area contributed by atoms with Crippen molar-refractivity contribution in [2.24, 2.45) is 0 Å². The van der Waals surface area contributed by atoms with Gasteiger partial charge in [-0.1, -0.05) is 63.1 Å². The summed E-state index contributed by atoms with van der Waals surface area (Å²) in [6.45, 7) is 12.7. The Bertz CT molecular complexity index is 1810. The molecule has 2 heterocycles. The topological polar surface area (TPSA) is 127 Å². The average molecular weight is 720 g/mol. The number of hydrogen-bond donors (Lipinski definition) is 1. The van der Waals surface area contributed by atoms with Crippen molar-refractivity contribution in [3.8, 4) is 0 Å². The monoisotopic (exact) mass is 719 g/mol. The van der Waals surface area contributed by atoms with Crippen molar-refractivity contribution in [3.63, 3.8) is 0 Å². The number of carbonyl (C=O) groups is 2. The number of carboxylic acid groups (broad SMARTS) is 1. The quantitative estimate of drug-likeness (QED) is 0.0512. The molecule has 0 saturated carbocycles. The summed E-state index contributed by atoms with van der Waals surface area (Å²) in [7, 11) is -4.62. The van der Waals surface area contributed by atoms with Crippen molar-refractivity contribution in [3.05, 3.63) is 101 Å². The van der Waals surface area contributed by atoms with Crippen LogP contribution in [0.3, 0.4) is 0 Å². The molecule has 50 heavy (non-hydrogen) atoms. The Kier molecular flexibility index (Phi) is 16.7. The van der Waals surface area contributed by atoms with E-state index in [-0.39, 0.29) is 75.8 Å². The predicted molar refractivity (Wildman–Crippen MR) is 186 cm³/mol. The zero-order valence-electron chi connectivity index (χ0n) is 30.4. The Morgan fingerprint density at radius 3 is 2.46 bits per heavy atom. The second-order valence-electron chi connectivity index (χ2n) is 13.2. The normalized spacial score (nSPS) is 17.1. The van der Waals surface area contributed by atoms with Crippen LogP contribution >= 0.6 is 0 Å². The van der Waals surface area contributed by atoms with Gasteiger partial charge in [0.25, 0.3) is 6.47 Å². The van der Waals surface area contributed by atoms with Gasteiger partial charge < -0.3 is 19.3 Å². The van der Waals surface area contributed by atoms with E-state index in [0.29, 0.717) is 32.5 Å². The summed E-state index contributed by atoms with van der Waals surface area (Å²) in [4.78, 5) is 23.4. The molecule has 0 amide bonds. The fraction of sp³-hybridized carbons (Fsp3) is 0.395. The predicted octanol–water partition coefficient (Wildman–Crippen LogP) is 0.724. The van der Waals surface area contributed by atoms with E-state index in [1.165, 1.54) is 23.4 Å². The van der Waals surface area contributed by atoms with Crippen LogP contribution in [0.5, 0.6) is 0 Å². The van der Waals surface area contributed by atoms with Gasteiger partial charge in [-0.15, -0.1) is 6.07 Å². The summed E-state index contributed by atoms with van der Waals surface area (Å²) >= 11 is 0. The largest absolute Gasteiger partial charge is 1.00 e. The summed E-state index contributed by atoms with van der Waals surface area (Å²) in [6, 6.07) is 13.8. The van der Waals surface area contributed by atoms with Crippen molar-refractivity contribution >= 4 is 39.6 Å². The number of hydrogen-bond acceptors (Lipinski definition) is 7. The fourth-order valence-corrected chi connectivity index (χ4v) is 7.04. The van der Waals surface area contributed by atoms with Gasteiger partial charge in [0.2, 0.25) is 0 Å². The van der Waals surface area contributed by atoms with Crippen LogP contribution in [0.15, 0.2) is 89.0 Å². The van der Waals surface area contributed by atoms with Crippen molar-refractivity contribution < 1.29 is 96.1 Å². The van der Waals surface area contributed by atoms with Gasteiger partial charge in [0.1, 0.15) is 22.4 Å². The van der Waals surface area contributed by atoms with Crippen LogP contribution in [0.2, 0.25) is 0 Å². The van der Waals surface area contributed by atoms with E-state index in [2.05, 4.69) is 53.7 Å². The molecule has 2 aromatic rings. The number of carboxylic acids is 1. The molecule has 0 saturated heterocycles. The van der Waals surface area contributed by atoms with E-state index < -0.39 is 21.5 Å². The summed E-state index contributed by atoms with van der Waals surface area (Å²) in [5.74, 6) is -0.843. The maximum atomic E-state index is 11.8. The summed E-state index contributed by atoms with van der Waals surface area (Å²) in [6.07, 6.45) is 15.1. The van der Waals surface area contributed by atoms with Crippen LogP contribution in [-0.2, 0) is 35.3 Å². The van der Waals surface area contributed by atoms with Gasteiger partial charge in [-0.2, -0.15) is 18.2 Å². The fourth-order valence-electron chi connectivity index (χ4n) is 6.54. The zero-order chi connectivity index (χ0) is 35.1. The number of ether oxygens (including phenoxy) is 1. The number of anilines is 1. The van der Waals surface area contributed by atoms with Crippen molar-refractivity contribution in [2.75, 3.05) is 24.6 Å². The molecule has 0 atom stereocenters. The first-order valence-corrected chi connectivity index (χ1v) is 17.6. The first-order valence-electron chi connectivity index (χ1n) is 16.2. The molecule has 9 nitrogen and oxygen atoms in total. The third-order valence-electron chi connectivity index (χ3n) is 9.10. The molecule has 1 N–H and O–H groups in total. The van der Waals surface area contributed by atoms with Crippen LogP contribution in [0, 0.1) is 6.07 Å². The van der Waals surface area contributed by atoms with Crippen molar-refractivity contribution in [1.82, 2.24) is 0 Å². The number of rotatable bonds is 16. The van der Waals surface area contributed by atoms with Crippen molar-refractivity contribution in [1.29, 1.82) is 0 Å². The van der Waals surface area contributed by atoms with Crippen molar-refractivity contribution in [2.45, 2.75) is 82.4 Å². The Hall–Kier alpha value is -2.28. The smallest absolute Gasteiger partial charge is 0.744 e. The Labute approximate surface area is 341 Å². The molecule has 2 aliphatic rings. The van der Waals surface area contributed by atoms with Gasteiger partial charge in [-0.3, -0.25) is 9.59 Å². The first-order chi connectivity index (χ1) is 22.7. The van der Waals surface area contributed by atoms with E-state index >= 15 is 0 Å². The third kappa shape index (κ3) is 10.4. The standard InChI is InChI=1S/C38H46N2O7S.2Na/c1-28(14-12-18-34-37(2,3)30-16-6-7-17-32(30)39(34)24-10-11-25-47-27-41)15-13-19-35-38(4,5)31-26-29(48(44,45)46)21-22-33(31)40(35)23-9-8-20-36(42)43;;/h7,12-19,21-22,26-27H,8-11,20,23-25H2,1-5H3,(H,42,43)(H,44,45,46);;/q;2*+1/p-1. The molecule has 12 heteroatoms. The Balaban J connectivity index is 0.00000433. The molecule has 0 bridgehead atoms. The number of fused-ring (bicyclic) bond motifs is 2. The Morgan fingerprint density at radius 2 is 1.78 bits per heavy atom. The van der Waals surface area contributed by atoms with Crippen LogP contribution in [0.1, 0.15) is 77.8 Å². The minimum Gasteiger partial charge on any atom is -0.744 e. The molecular weight excluding hydrogens is 674 g/mol. The molecule has 0 aliphatic carbocycles. The number of nitrogens with zero attached hydrogens (tertiary/aromatic N) is 2. The van der Waals surface area contributed by atoms with E-state index in [9.17, 15) is 22.6 Å². The van der Waals surface area contributed by atoms with Gasteiger partial charge >= 0.3 is 65.1 Å². The van der Waals surface area contributed by atoms with E-state index in [4.69, 9.17) is 9.84 Å². The Morgan fingerprint density at radius 1 is 1.04 bits per heavy atom. The molecule has 0 unspecified atom stereocenters. The van der Waals surface area contributed by atoms with E-state index in [1.807, 2.05) is 51.1 Å². The molecule has 2 aromatic carbocycles. The van der Waals surface area contributed by atoms with Crippen LogP contribution < -0.4 is 64.0 Å². The minimum absolute atomic E-state index is 0. The summed E-state index contributed by atoms with van der Waals surface area (Å²) in [5, 5.41) is 9.09. The second kappa shape index (κ2) is 19.0. The van der Waals surface area contributed by atoms with E-state index in [0.717, 1.165) is 47.6 Å². The van der Waals surface area contributed by atoms with E-state index in [1.54, 1.807) is 6.07 Å². The number of carbonyl (C=O) groups excluding carboxylic acids is 1. The molecule has 0 aromatic heterocycles. The molecular formula is C38H45N2Na2O7S+. The molecule has 256 valence electrons. The minimum atomic E-state index is -4.62. The van der Waals surface area contributed by atoms with Gasteiger partial charge in [0.15, 0.2) is 5.71 Å². The molecule has 4 rings (SSSR count). The summed E-state index contributed by atoms with van der Waals surface area (Å²) < 4.78 is 42.6. The average Bonchev–Trinajstić information content (AvgIpc) is 3.37. The van der Waals surface area contributed by atoms with Crippen LogP contribution in [0.4, 0.5) is 11.4 Å². The van der Waals surface area contributed by atoms with Gasteiger partial charge in [-0.05, 0) is 56.0 Å². The van der Waals surface area contributed by atoms with Crippen LogP contribution in [0.25, 0.3) is 0 Å². The maximum Gasteiger partial charge on any atom is 1.00 e.